The summed E-state index contributed by atoms with van der Waals surface area (Å²) in [4.78, 5) is 0. The minimum atomic E-state index is -0.824. The van der Waals surface area contributed by atoms with Gasteiger partial charge in [-0.2, -0.15) is 0 Å². The summed E-state index contributed by atoms with van der Waals surface area (Å²) in [6, 6.07) is 6.93. The predicted molar refractivity (Wildman–Crippen MR) is 107 cm³/mol. The van der Waals surface area contributed by atoms with Gasteiger partial charge in [-0.1, -0.05) is 23.7 Å². The Balaban J connectivity index is 1.87. The number of hydrogen-bond acceptors (Lipinski definition) is 5. The first kappa shape index (κ1) is 21.2. The van der Waals surface area contributed by atoms with Crippen LogP contribution >= 0.6 is 11.6 Å². The van der Waals surface area contributed by atoms with Crippen LogP contribution in [0.5, 0.6) is 0 Å². The lowest BCUT2D eigenvalue weighted by molar-refractivity contribution is 0.00578. The lowest BCUT2D eigenvalue weighted by Gasteiger charge is -2.32. The molecule has 0 radical (unpaired) electrons. The van der Waals surface area contributed by atoms with Crippen LogP contribution in [0, 0.1) is 0 Å². The van der Waals surface area contributed by atoms with Gasteiger partial charge in [-0.3, -0.25) is 0 Å². The van der Waals surface area contributed by atoms with E-state index < -0.39 is 42.8 Å². The van der Waals surface area contributed by atoms with Gasteiger partial charge >= 0.3 is 14.4 Å². The molecule has 2 aliphatic rings. The van der Waals surface area contributed by atoms with Gasteiger partial charge in [0.15, 0.2) is 0 Å². The maximum Gasteiger partial charge on any atom is 0.640 e. The lowest BCUT2D eigenvalue weighted by Crippen LogP contribution is -2.41. The van der Waals surface area contributed by atoms with Gasteiger partial charge in [-0.15, -0.1) is 0 Å². The Kier molecular flexibility index (Phi) is 5.29. The summed E-state index contributed by atoms with van der Waals surface area (Å²) < 4.78 is 30.8. The second-order valence-corrected chi connectivity index (χ2v) is 9.71. The van der Waals surface area contributed by atoms with Crippen molar-refractivity contribution in [2.75, 3.05) is 0 Å². The van der Waals surface area contributed by atoms with Crippen LogP contribution in [-0.2, 0) is 23.3 Å². The van der Waals surface area contributed by atoms with E-state index in [-0.39, 0.29) is 0 Å². The Morgan fingerprint density at radius 2 is 1.15 bits per heavy atom. The van der Waals surface area contributed by atoms with E-state index in [4.69, 9.17) is 34.9 Å². The molecule has 0 aromatic heterocycles. The van der Waals surface area contributed by atoms with Crippen LogP contribution in [0.25, 0.3) is 0 Å². The molecule has 2 saturated heterocycles. The second kappa shape index (κ2) is 6.75. The smallest absolute Gasteiger partial charge is 0.401 e. The molecular weight excluding hydrogens is 365 g/mol. The molecule has 2 aliphatic heterocycles. The Morgan fingerprint density at radius 1 is 0.741 bits per heavy atom. The Hall–Kier alpha value is -0.560. The molecule has 3 rings (SSSR count). The van der Waals surface area contributed by atoms with Crippen molar-refractivity contribution < 1.29 is 23.3 Å². The molecular formula is C19H29B2ClO5. The van der Waals surface area contributed by atoms with Crippen LogP contribution in [0.15, 0.2) is 24.3 Å². The summed E-state index contributed by atoms with van der Waals surface area (Å²) >= 11 is 6.06. The highest BCUT2D eigenvalue weighted by Gasteiger charge is 2.58. The Bertz CT molecular complexity index is 658. The van der Waals surface area contributed by atoms with Crippen LogP contribution < -0.4 is 0 Å². The zero-order chi connectivity index (χ0) is 20.3. The lowest BCUT2D eigenvalue weighted by atomic mass is 9.76. The number of halogens is 1. The molecule has 8 heteroatoms. The van der Waals surface area contributed by atoms with Gasteiger partial charge in [0.1, 0.15) is 6.00 Å². The predicted octanol–water partition coefficient (Wildman–Crippen LogP) is 4.62. The van der Waals surface area contributed by atoms with Crippen molar-refractivity contribution in [3.8, 4) is 0 Å². The first-order valence-electron chi connectivity index (χ1n) is 9.36. The van der Waals surface area contributed by atoms with E-state index >= 15 is 0 Å². The topological polar surface area (TPSA) is 46.2 Å². The second-order valence-electron chi connectivity index (χ2n) is 9.28. The molecule has 0 aliphatic carbocycles. The van der Waals surface area contributed by atoms with Crippen LogP contribution in [0.4, 0.5) is 0 Å². The van der Waals surface area contributed by atoms with Crippen LogP contribution in [0.2, 0.25) is 5.02 Å². The molecule has 0 bridgehead atoms. The van der Waals surface area contributed by atoms with Gasteiger partial charge in [0.05, 0.1) is 22.4 Å². The standard InChI is InChI=1S/C19H29B2ClO5/c1-16(2)17(3,4)25-20(24-16)15(13-9-11-14(22)12-10-13)23-21-26-18(5,6)19(7,8)27-21/h9-12,15H,1-8H3. The van der Waals surface area contributed by atoms with Gasteiger partial charge in [-0.05, 0) is 73.1 Å². The first-order chi connectivity index (χ1) is 12.2. The van der Waals surface area contributed by atoms with E-state index in [2.05, 4.69) is 0 Å². The summed E-state index contributed by atoms with van der Waals surface area (Å²) in [5.74, 6) is 0. The quantitative estimate of drug-likeness (QED) is 0.698. The fourth-order valence-corrected chi connectivity index (χ4v) is 3.05. The zero-order valence-corrected chi connectivity index (χ0v) is 18.2. The van der Waals surface area contributed by atoms with Gasteiger partial charge in [0, 0.05) is 5.02 Å². The normalized spacial score (nSPS) is 26.4. The number of rotatable bonds is 4. The third-order valence-electron chi connectivity index (χ3n) is 6.21. The highest BCUT2D eigenvalue weighted by Crippen LogP contribution is 2.43. The molecule has 1 aromatic rings. The molecule has 2 fully saturated rings. The van der Waals surface area contributed by atoms with Crippen molar-refractivity contribution in [1.29, 1.82) is 0 Å². The molecule has 1 aromatic carbocycles. The van der Waals surface area contributed by atoms with Crippen LogP contribution in [0.1, 0.15) is 67.0 Å². The molecule has 0 spiro atoms. The van der Waals surface area contributed by atoms with E-state index in [0.717, 1.165) is 5.56 Å². The molecule has 1 unspecified atom stereocenters. The summed E-state index contributed by atoms with van der Waals surface area (Å²) in [6.07, 6.45) is 0. The van der Waals surface area contributed by atoms with Crippen molar-refractivity contribution >= 4 is 26.0 Å². The van der Waals surface area contributed by atoms with E-state index in [9.17, 15) is 0 Å². The zero-order valence-electron chi connectivity index (χ0n) is 17.5. The number of hydrogen-bond donors (Lipinski definition) is 0. The minimum Gasteiger partial charge on any atom is -0.401 e. The largest absolute Gasteiger partial charge is 0.640 e. The minimum absolute atomic E-state index is 0.471. The highest BCUT2D eigenvalue weighted by molar-refractivity contribution is 6.49. The summed E-state index contributed by atoms with van der Waals surface area (Å²) in [6.45, 7) is 16.0. The van der Waals surface area contributed by atoms with Crippen molar-refractivity contribution in [3.05, 3.63) is 34.9 Å². The summed E-state index contributed by atoms with van der Waals surface area (Å²) in [5.41, 5.74) is -1.04. The molecule has 5 nitrogen and oxygen atoms in total. The van der Waals surface area contributed by atoms with Crippen molar-refractivity contribution in [2.45, 2.75) is 83.8 Å². The van der Waals surface area contributed by atoms with E-state index in [0.29, 0.717) is 5.02 Å². The summed E-state index contributed by atoms with van der Waals surface area (Å²) in [5, 5.41) is 0.655. The Labute approximate surface area is 168 Å². The van der Waals surface area contributed by atoms with Gasteiger partial charge in [0.25, 0.3) is 0 Å². The average molecular weight is 395 g/mol. The van der Waals surface area contributed by atoms with Crippen LogP contribution in [-0.4, -0.2) is 36.8 Å². The summed E-state index contributed by atoms with van der Waals surface area (Å²) in [7, 11) is -1.43. The fourth-order valence-electron chi connectivity index (χ4n) is 2.93. The molecule has 0 N–H and O–H groups in total. The maximum atomic E-state index is 6.24. The molecule has 148 valence electrons. The Morgan fingerprint density at radius 3 is 1.59 bits per heavy atom. The van der Waals surface area contributed by atoms with Crippen molar-refractivity contribution in [2.24, 2.45) is 0 Å². The van der Waals surface area contributed by atoms with Crippen molar-refractivity contribution in [1.82, 2.24) is 0 Å². The molecule has 2 heterocycles. The highest BCUT2D eigenvalue weighted by atomic mass is 35.5. The van der Waals surface area contributed by atoms with Gasteiger partial charge in [0.2, 0.25) is 0 Å². The third kappa shape index (κ3) is 3.96. The van der Waals surface area contributed by atoms with E-state index in [1.54, 1.807) is 0 Å². The first-order valence-corrected chi connectivity index (χ1v) is 9.74. The number of benzene rings is 1. The van der Waals surface area contributed by atoms with Crippen LogP contribution in [0.3, 0.4) is 0 Å². The monoisotopic (exact) mass is 394 g/mol. The molecule has 27 heavy (non-hydrogen) atoms. The van der Waals surface area contributed by atoms with Gasteiger partial charge in [-0.25, -0.2) is 0 Å². The fraction of sp³-hybridized carbons (Fsp3) is 0.684. The average Bonchev–Trinajstić information content (AvgIpc) is 2.85. The van der Waals surface area contributed by atoms with Gasteiger partial charge < -0.3 is 23.3 Å². The maximum absolute atomic E-state index is 6.24. The van der Waals surface area contributed by atoms with E-state index in [1.165, 1.54) is 0 Å². The molecule has 1 atom stereocenters. The SMILES string of the molecule is CC1(C)OB(OC(B2OC(C)(C)C(C)(C)O2)c2ccc(Cl)cc2)OC1(C)C. The molecule has 0 saturated carbocycles. The third-order valence-corrected chi connectivity index (χ3v) is 6.46. The van der Waals surface area contributed by atoms with E-state index in [1.807, 2.05) is 79.7 Å². The van der Waals surface area contributed by atoms with Crippen molar-refractivity contribution in [3.63, 3.8) is 0 Å². The molecule has 0 amide bonds.